The van der Waals surface area contributed by atoms with Crippen LogP contribution in [0.15, 0.2) is 91.0 Å². The average Bonchev–Trinajstić information content (AvgIpc) is 3.25. The zero-order chi connectivity index (χ0) is 25.5. The lowest BCUT2D eigenvalue weighted by Crippen LogP contribution is -2.45. The number of benzene rings is 3. The molecule has 184 valence electrons. The van der Waals surface area contributed by atoms with Crippen molar-refractivity contribution in [3.05, 3.63) is 108 Å². The van der Waals surface area contributed by atoms with Gasteiger partial charge in [0.2, 0.25) is 0 Å². The van der Waals surface area contributed by atoms with Crippen LogP contribution in [0.25, 0.3) is 0 Å². The Morgan fingerprint density at radius 1 is 0.639 bits per heavy atom. The first kappa shape index (κ1) is 24.6. The fourth-order valence-corrected chi connectivity index (χ4v) is 3.71. The quantitative estimate of drug-likeness (QED) is 0.377. The van der Waals surface area contributed by atoms with Crippen LogP contribution in [0.3, 0.4) is 0 Å². The lowest BCUT2D eigenvalue weighted by molar-refractivity contribution is -0.133. The molecule has 3 aromatic rings. The van der Waals surface area contributed by atoms with Gasteiger partial charge in [-0.1, -0.05) is 54.6 Å². The predicted octanol–water partition coefficient (Wildman–Crippen LogP) is 2.55. The molecule has 1 heterocycles. The average molecular weight is 489 g/mol. The number of carbonyl (C=O) groups is 4. The SMILES string of the molecule is NC(=O)[C@@H]1O[C@H](COC(=O)c2ccccc2)[C@@H](OC(=O)c2ccccc2)[C@H]1OC(=O)c1ccccc1. The van der Waals surface area contributed by atoms with Gasteiger partial charge in [0, 0.05) is 0 Å². The zero-order valence-corrected chi connectivity index (χ0v) is 19.0. The molecule has 3 aromatic carbocycles. The Hall–Kier alpha value is -4.50. The summed E-state index contributed by atoms with van der Waals surface area (Å²) in [5, 5.41) is 0. The molecule has 2 N–H and O–H groups in total. The normalized spacial score (nSPS) is 20.8. The molecule has 0 radical (unpaired) electrons. The van der Waals surface area contributed by atoms with Gasteiger partial charge in [0.05, 0.1) is 16.7 Å². The molecule has 0 saturated carbocycles. The van der Waals surface area contributed by atoms with E-state index in [9.17, 15) is 19.2 Å². The molecule has 1 saturated heterocycles. The lowest BCUT2D eigenvalue weighted by Gasteiger charge is -2.24. The minimum atomic E-state index is -1.44. The molecule has 1 amide bonds. The standard InChI is InChI=1S/C27H23NO8/c28-24(29)23-22(36-27(32)19-14-8-3-9-15-19)21(35-26(31)18-12-6-2-7-13-18)20(34-23)16-33-25(30)17-10-4-1-5-11-17/h1-15,20-23H,16H2,(H2,28,29)/t20-,21-,22-,23-/m1/s1. The summed E-state index contributed by atoms with van der Waals surface area (Å²) in [5.41, 5.74) is 6.26. The van der Waals surface area contributed by atoms with Crippen LogP contribution in [0.4, 0.5) is 0 Å². The van der Waals surface area contributed by atoms with E-state index in [1.807, 2.05) is 0 Å². The third kappa shape index (κ3) is 5.76. The summed E-state index contributed by atoms with van der Waals surface area (Å²) in [5.74, 6) is -3.08. The fourth-order valence-electron chi connectivity index (χ4n) is 3.71. The Morgan fingerprint density at radius 3 is 1.50 bits per heavy atom. The van der Waals surface area contributed by atoms with E-state index in [0.29, 0.717) is 5.56 Å². The smallest absolute Gasteiger partial charge is 0.338 e. The number of carbonyl (C=O) groups excluding carboxylic acids is 4. The molecule has 1 fully saturated rings. The van der Waals surface area contributed by atoms with Crippen molar-refractivity contribution < 1.29 is 38.1 Å². The van der Waals surface area contributed by atoms with Gasteiger partial charge in [-0.15, -0.1) is 0 Å². The highest BCUT2D eigenvalue weighted by atomic mass is 16.7. The molecule has 0 aliphatic carbocycles. The van der Waals surface area contributed by atoms with E-state index in [2.05, 4.69) is 0 Å². The highest BCUT2D eigenvalue weighted by Gasteiger charge is 2.52. The molecule has 0 spiro atoms. The first-order chi connectivity index (χ1) is 17.4. The number of esters is 3. The van der Waals surface area contributed by atoms with E-state index in [0.717, 1.165) is 0 Å². The maximum absolute atomic E-state index is 12.8. The highest BCUT2D eigenvalue weighted by Crippen LogP contribution is 2.29. The van der Waals surface area contributed by atoms with E-state index >= 15 is 0 Å². The van der Waals surface area contributed by atoms with Crippen LogP contribution in [-0.2, 0) is 23.7 Å². The van der Waals surface area contributed by atoms with Gasteiger partial charge in [-0.25, -0.2) is 14.4 Å². The summed E-state index contributed by atoms with van der Waals surface area (Å²) in [7, 11) is 0. The van der Waals surface area contributed by atoms with Gasteiger partial charge in [-0.2, -0.15) is 0 Å². The lowest BCUT2D eigenvalue weighted by atomic mass is 10.1. The van der Waals surface area contributed by atoms with Gasteiger partial charge in [0.25, 0.3) is 5.91 Å². The summed E-state index contributed by atoms with van der Waals surface area (Å²) in [6, 6.07) is 24.4. The van der Waals surface area contributed by atoms with Crippen LogP contribution in [0.5, 0.6) is 0 Å². The Morgan fingerprint density at radius 2 is 1.06 bits per heavy atom. The van der Waals surface area contributed by atoms with Crippen molar-refractivity contribution in [2.45, 2.75) is 24.4 Å². The van der Waals surface area contributed by atoms with Crippen LogP contribution in [-0.4, -0.2) is 54.8 Å². The van der Waals surface area contributed by atoms with Gasteiger partial charge in [-0.05, 0) is 36.4 Å². The summed E-state index contributed by atoms with van der Waals surface area (Å²) < 4.78 is 22.2. The molecule has 0 aromatic heterocycles. The van der Waals surface area contributed by atoms with E-state index in [1.165, 1.54) is 12.1 Å². The van der Waals surface area contributed by atoms with Crippen molar-refractivity contribution in [1.82, 2.24) is 0 Å². The van der Waals surface area contributed by atoms with E-state index in [4.69, 9.17) is 24.7 Å². The molecule has 0 unspecified atom stereocenters. The van der Waals surface area contributed by atoms with Crippen LogP contribution < -0.4 is 5.73 Å². The fraction of sp³-hybridized carbons (Fsp3) is 0.185. The van der Waals surface area contributed by atoms with E-state index in [-0.39, 0.29) is 17.7 Å². The summed E-state index contributed by atoms with van der Waals surface area (Å²) in [6.07, 6.45) is -5.22. The van der Waals surface area contributed by atoms with Gasteiger partial charge in [-0.3, -0.25) is 4.79 Å². The van der Waals surface area contributed by atoms with Crippen molar-refractivity contribution >= 4 is 23.8 Å². The summed E-state index contributed by atoms with van der Waals surface area (Å²) >= 11 is 0. The van der Waals surface area contributed by atoms with Gasteiger partial charge in [0.15, 0.2) is 18.3 Å². The number of rotatable bonds is 8. The van der Waals surface area contributed by atoms with Gasteiger partial charge >= 0.3 is 17.9 Å². The molecule has 1 aliphatic heterocycles. The van der Waals surface area contributed by atoms with Gasteiger partial charge in [0.1, 0.15) is 12.7 Å². The first-order valence-corrected chi connectivity index (χ1v) is 11.1. The number of amides is 1. The number of hydrogen-bond acceptors (Lipinski definition) is 8. The van der Waals surface area contributed by atoms with Crippen molar-refractivity contribution in [3.63, 3.8) is 0 Å². The molecule has 0 bridgehead atoms. The number of hydrogen-bond donors (Lipinski definition) is 1. The minimum absolute atomic E-state index is 0.216. The Labute approximate surface area is 206 Å². The van der Waals surface area contributed by atoms with Crippen LogP contribution in [0.2, 0.25) is 0 Å². The third-order valence-corrected chi connectivity index (χ3v) is 5.48. The Kier molecular flexibility index (Phi) is 7.72. The number of primary amides is 1. The molecule has 1 aliphatic rings. The largest absolute Gasteiger partial charge is 0.459 e. The van der Waals surface area contributed by atoms with Crippen LogP contribution >= 0.6 is 0 Å². The first-order valence-electron chi connectivity index (χ1n) is 11.1. The third-order valence-electron chi connectivity index (χ3n) is 5.48. The Bertz CT molecular complexity index is 1220. The van der Waals surface area contributed by atoms with E-state index < -0.39 is 48.2 Å². The van der Waals surface area contributed by atoms with Gasteiger partial charge < -0.3 is 24.7 Å². The monoisotopic (exact) mass is 489 g/mol. The van der Waals surface area contributed by atoms with Crippen LogP contribution in [0.1, 0.15) is 31.1 Å². The maximum Gasteiger partial charge on any atom is 0.338 e. The number of nitrogens with two attached hydrogens (primary N) is 1. The zero-order valence-electron chi connectivity index (χ0n) is 19.0. The second-order valence-corrected chi connectivity index (χ2v) is 7.93. The summed E-state index contributed by atoms with van der Waals surface area (Å²) in [6.45, 7) is -0.385. The second-order valence-electron chi connectivity index (χ2n) is 7.93. The topological polar surface area (TPSA) is 131 Å². The predicted molar refractivity (Wildman–Crippen MR) is 126 cm³/mol. The molecule has 4 rings (SSSR count). The van der Waals surface area contributed by atoms with Crippen LogP contribution in [0, 0.1) is 0 Å². The second kappa shape index (κ2) is 11.3. The molecule has 4 atom stereocenters. The summed E-state index contributed by atoms with van der Waals surface area (Å²) in [4.78, 5) is 50.3. The minimum Gasteiger partial charge on any atom is -0.459 e. The molecular formula is C27H23NO8. The molecule has 36 heavy (non-hydrogen) atoms. The Balaban J connectivity index is 1.58. The molecular weight excluding hydrogens is 466 g/mol. The van der Waals surface area contributed by atoms with Crippen molar-refractivity contribution in [2.75, 3.05) is 6.61 Å². The maximum atomic E-state index is 12.8. The molecule has 9 nitrogen and oxygen atoms in total. The number of ether oxygens (including phenoxy) is 4. The van der Waals surface area contributed by atoms with Crippen molar-refractivity contribution in [1.29, 1.82) is 0 Å². The molecule has 9 heteroatoms. The van der Waals surface area contributed by atoms with Crippen molar-refractivity contribution in [3.8, 4) is 0 Å². The highest BCUT2D eigenvalue weighted by molar-refractivity contribution is 5.91. The van der Waals surface area contributed by atoms with E-state index in [1.54, 1.807) is 78.9 Å². The van der Waals surface area contributed by atoms with Crippen molar-refractivity contribution in [2.24, 2.45) is 5.73 Å².